The van der Waals surface area contributed by atoms with Gasteiger partial charge in [-0.1, -0.05) is 0 Å². The lowest BCUT2D eigenvalue weighted by molar-refractivity contribution is 0.199. The second-order valence-electron chi connectivity index (χ2n) is 5.85. The van der Waals surface area contributed by atoms with Crippen LogP contribution in [0.2, 0.25) is 0 Å². The number of ether oxygens (including phenoxy) is 1. The first kappa shape index (κ1) is 19.6. The molecule has 0 spiro atoms. The highest BCUT2D eigenvalue weighted by molar-refractivity contribution is 5.79. The Morgan fingerprint density at radius 2 is 2.19 bits per heavy atom. The van der Waals surface area contributed by atoms with Gasteiger partial charge in [-0.25, -0.2) is 4.39 Å². The molecule has 0 saturated carbocycles. The van der Waals surface area contributed by atoms with Crippen LogP contribution in [0.25, 0.3) is 11.3 Å². The average molecular weight is 357 g/mol. The van der Waals surface area contributed by atoms with Crippen LogP contribution in [0, 0.1) is 11.2 Å². The highest BCUT2D eigenvalue weighted by Gasteiger charge is 2.18. The van der Waals surface area contributed by atoms with Gasteiger partial charge in [-0.05, 0) is 49.2 Å². The molecule has 0 aliphatic rings. The van der Waals surface area contributed by atoms with Gasteiger partial charge < -0.3 is 20.6 Å². The van der Waals surface area contributed by atoms with Crippen LogP contribution in [0.1, 0.15) is 31.1 Å². The molecule has 0 radical (unpaired) electrons. The van der Waals surface area contributed by atoms with E-state index in [-0.39, 0.29) is 0 Å². The Balaban J connectivity index is 2.62. The van der Waals surface area contributed by atoms with E-state index in [0.29, 0.717) is 29.0 Å². The highest BCUT2D eigenvalue weighted by Crippen LogP contribution is 2.34. The van der Waals surface area contributed by atoms with Gasteiger partial charge in [-0.3, -0.25) is 4.98 Å². The highest BCUT2D eigenvalue weighted by atomic mass is 19.1. The molecule has 1 atom stereocenters. The minimum Gasteiger partial charge on any atom is -0.496 e. The van der Waals surface area contributed by atoms with Gasteiger partial charge in [0.05, 0.1) is 18.9 Å². The number of rotatable bonds is 8. The Hall–Kier alpha value is -2.73. The van der Waals surface area contributed by atoms with Gasteiger partial charge in [0.1, 0.15) is 11.6 Å². The third kappa shape index (κ3) is 4.46. The fourth-order valence-electron chi connectivity index (χ4n) is 2.74. The van der Waals surface area contributed by atoms with E-state index in [1.54, 1.807) is 38.6 Å². The van der Waals surface area contributed by atoms with Crippen molar-refractivity contribution in [3.8, 4) is 17.0 Å². The van der Waals surface area contributed by atoms with E-state index in [1.807, 2.05) is 6.92 Å². The maximum atomic E-state index is 13.7. The predicted molar refractivity (Wildman–Crippen MR) is 101 cm³/mol. The largest absolute Gasteiger partial charge is 0.496 e. The SMILES string of the molecule is CCN/C=C(\C=N)Cc1c(OC)ccnc1-c1ccc(F)cc1[C@@H](C)O. The summed E-state index contributed by atoms with van der Waals surface area (Å²) in [4.78, 5) is 4.46. The molecule has 138 valence electrons. The number of aromatic nitrogens is 1. The Kier molecular flexibility index (Phi) is 6.86. The molecule has 0 aliphatic heterocycles. The number of hydrogen-bond donors (Lipinski definition) is 3. The van der Waals surface area contributed by atoms with Crippen molar-refractivity contribution in [2.45, 2.75) is 26.4 Å². The monoisotopic (exact) mass is 357 g/mol. The minimum absolute atomic E-state index is 0.415. The number of nitrogens with one attached hydrogen (secondary N) is 2. The van der Waals surface area contributed by atoms with Crippen LogP contribution in [-0.2, 0) is 6.42 Å². The van der Waals surface area contributed by atoms with E-state index in [0.717, 1.165) is 17.7 Å². The molecule has 0 bridgehead atoms. The molecular weight excluding hydrogens is 333 g/mol. The van der Waals surface area contributed by atoms with Crippen LogP contribution in [0.15, 0.2) is 42.2 Å². The van der Waals surface area contributed by atoms with Crippen LogP contribution in [0.3, 0.4) is 0 Å². The fraction of sp³-hybridized carbons (Fsp3) is 0.300. The smallest absolute Gasteiger partial charge is 0.126 e. The van der Waals surface area contributed by atoms with Crippen molar-refractivity contribution >= 4 is 6.21 Å². The number of allylic oxidation sites excluding steroid dienone is 1. The lowest BCUT2D eigenvalue weighted by Gasteiger charge is -2.17. The second-order valence-corrected chi connectivity index (χ2v) is 5.85. The van der Waals surface area contributed by atoms with Gasteiger partial charge >= 0.3 is 0 Å². The predicted octanol–water partition coefficient (Wildman–Crippen LogP) is 3.64. The fourth-order valence-corrected chi connectivity index (χ4v) is 2.74. The summed E-state index contributed by atoms with van der Waals surface area (Å²) in [6, 6.07) is 6.02. The summed E-state index contributed by atoms with van der Waals surface area (Å²) >= 11 is 0. The van der Waals surface area contributed by atoms with Gasteiger partial charge in [0.2, 0.25) is 0 Å². The summed E-state index contributed by atoms with van der Waals surface area (Å²) in [6.07, 6.45) is 4.24. The van der Waals surface area contributed by atoms with Gasteiger partial charge in [-0.2, -0.15) is 0 Å². The van der Waals surface area contributed by atoms with Crippen molar-refractivity contribution in [1.82, 2.24) is 10.3 Å². The van der Waals surface area contributed by atoms with Crippen molar-refractivity contribution in [2.24, 2.45) is 0 Å². The molecule has 0 aliphatic carbocycles. The van der Waals surface area contributed by atoms with E-state index >= 15 is 0 Å². The summed E-state index contributed by atoms with van der Waals surface area (Å²) in [5.74, 6) is 0.210. The van der Waals surface area contributed by atoms with Crippen LogP contribution < -0.4 is 10.1 Å². The summed E-state index contributed by atoms with van der Waals surface area (Å²) < 4.78 is 19.2. The minimum atomic E-state index is -0.846. The Morgan fingerprint density at radius 3 is 2.81 bits per heavy atom. The molecule has 0 fully saturated rings. The zero-order valence-electron chi connectivity index (χ0n) is 15.2. The standard InChI is InChI=1S/C20H24FN3O2/c1-4-23-12-14(11-22)9-18-19(26-3)7-8-24-20(18)16-6-5-15(21)10-17(16)13(2)25/h5-8,10-13,22-23,25H,4,9H2,1-3H3/b14-12-,22-11?/t13-/m1/s1. The molecular formula is C20H24FN3O2. The third-order valence-electron chi connectivity index (χ3n) is 4.01. The molecule has 0 saturated heterocycles. The quantitative estimate of drug-likeness (QED) is 0.631. The van der Waals surface area contributed by atoms with Crippen LogP contribution >= 0.6 is 0 Å². The van der Waals surface area contributed by atoms with Crippen LogP contribution in [0.5, 0.6) is 5.75 Å². The van der Waals surface area contributed by atoms with E-state index in [2.05, 4.69) is 10.3 Å². The Labute approximate surface area is 153 Å². The Morgan fingerprint density at radius 1 is 1.42 bits per heavy atom. The van der Waals surface area contributed by atoms with Crippen molar-refractivity contribution in [2.75, 3.05) is 13.7 Å². The molecule has 26 heavy (non-hydrogen) atoms. The average Bonchev–Trinajstić information content (AvgIpc) is 2.65. The summed E-state index contributed by atoms with van der Waals surface area (Å²) in [6.45, 7) is 4.31. The van der Waals surface area contributed by atoms with Crippen LogP contribution in [-0.4, -0.2) is 30.0 Å². The van der Waals surface area contributed by atoms with E-state index in [4.69, 9.17) is 10.1 Å². The summed E-state index contributed by atoms with van der Waals surface area (Å²) in [7, 11) is 1.57. The first-order chi connectivity index (χ1) is 12.5. The zero-order chi connectivity index (χ0) is 19.1. The van der Waals surface area contributed by atoms with Gasteiger partial charge in [-0.15, -0.1) is 0 Å². The molecule has 1 aromatic carbocycles. The topological polar surface area (TPSA) is 78.2 Å². The number of aliphatic hydroxyl groups is 1. The van der Waals surface area contributed by atoms with Crippen molar-refractivity contribution in [3.63, 3.8) is 0 Å². The van der Waals surface area contributed by atoms with Gasteiger partial charge in [0.15, 0.2) is 0 Å². The van der Waals surface area contributed by atoms with E-state index < -0.39 is 11.9 Å². The van der Waals surface area contributed by atoms with Gasteiger partial charge in [0, 0.05) is 42.7 Å². The lowest BCUT2D eigenvalue weighted by Crippen LogP contribution is -2.08. The maximum Gasteiger partial charge on any atom is 0.126 e. The number of methoxy groups -OCH3 is 1. The van der Waals surface area contributed by atoms with Crippen LogP contribution in [0.4, 0.5) is 4.39 Å². The second kappa shape index (κ2) is 9.10. The number of halogens is 1. The van der Waals surface area contributed by atoms with E-state index in [9.17, 15) is 9.50 Å². The molecule has 0 unspecified atom stereocenters. The molecule has 1 aromatic heterocycles. The third-order valence-corrected chi connectivity index (χ3v) is 4.01. The van der Waals surface area contributed by atoms with Crippen molar-refractivity contribution < 1.29 is 14.2 Å². The normalized spacial score (nSPS) is 12.6. The zero-order valence-corrected chi connectivity index (χ0v) is 15.2. The molecule has 1 heterocycles. The molecule has 2 rings (SSSR count). The van der Waals surface area contributed by atoms with E-state index in [1.165, 1.54) is 18.3 Å². The molecule has 0 amide bonds. The maximum absolute atomic E-state index is 13.7. The summed E-state index contributed by atoms with van der Waals surface area (Å²) in [5, 5.41) is 20.8. The lowest BCUT2D eigenvalue weighted by atomic mass is 9.94. The molecule has 6 heteroatoms. The summed E-state index contributed by atoms with van der Waals surface area (Å²) in [5.41, 5.74) is 3.22. The molecule has 3 N–H and O–H groups in total. The first-order valence-electron chi connectivity index (χ1n) is 8.44. The number of benzene rings is 1. The number of nitrogens with zero attached hydrogens (tertiary/aromatic N) is 1. The molecule has 5 nitrogen and oxygen atoms in total. The first-order valence-corrected chi connectivity index (χ1v) is 8.44. The van der Waals surface area contributed by atoms with Gasteiger partial charge in [0.25, 0.3) is 0 Å². The number of hydrogen-bond acceptors (Lipinski definition) is 5. The molecule has 2 aromatic rings. The van der Waals surface area contributed by atoms with Crippen molar-refractivity contribution in [1.29, 1.82) is 5.41 Å². The van der Waals surface area contributed by atoms with Crippen molar-refractivity contribution in [3.05, 3.63) is 59.2 Å². The number of pyridine rings is 1. The number of aliphatic hydroxyl groups excluding tert-OH is 1. The Bertz CT molecular complexity index is 804.